The quantitative estimate of drug-likeness (QED) is 0.463. The number of rotatable bonds is 0. The molecule has 2 nitrogen and oxygen atoms in total. The molecule has 2 aliphatic heterocycles. The van der Waals surface area contributed by atoms with Crippen molar-refractivity contribution in [1.82, 2.24) is 0 Å². The van der Waals surface area contributed by atoms with E-state index in [2.05, 4.69) is 6.08 Å². The minimum Gasteiger partial charge on any atom is -0.472 e. The summed E-state index contributed by atoms with van der Waals surface area (Å²) < 4.78 is 10.3. The van der Waals surface area contributed by atoms with E-state index in [1.54, 1.807) is 6.26 Å². The lowest BCUT2D eigenvalue weighted by molar-refractivity contribution is -0.0689. The Morgan fingerprint density at radius 3 is 3.38 bits per heavy atom. The van der Waals surface area contributed by atoms with Gasteiger partial charge in [0.1, 0.15) is 0 Å². The van der Waals surface area contributed by atoms with Gasteiger partial charge in [-0.15, -0.1) is 0 Å². The number of hydrogen-bond donors (Lipinski definition) is 0. The van der Waals surface area contributed by atoms with Gasteiger partial charge in [-0.25, -0.2) is 0 Å². The van der Waals surface area contributed by atoms with Gasteiger partial charge in [0.05, 0.1) is 12.9 Å². The van der Waals surface area contributed by atoms with Crippen molar-refractivity contribution >= 4 is 0 Å². The van der Waals surface area contributed by atoms with E-state index in [1.165, 1.54) is 0 Å². The zero-order valence-electron chi connectivity index (χ0n) is 4.54. The van der Waals surface area contributed by atoms with Crippen LogP contribution in [0.5, 0.6) is 0 Å². The van der Waals surface area contributed by atoms with E-state index in [9.17, 15) is 0 Å². The number of ether oxygens (including phenoxy) is 2. The lowest BCUT2D eigenvalue weighted by Gasteiger charge is -2.05. The summed E-state index contributed by atoms with van der Waals surface area (Å²) in [5, 5.41) is 0. The largest absolute Gasteiger partial charge is 0.472 e. The van der Waals surface area contributed by atoms with Gasteiger partial charge in [0.25, 0.3) is 0 Å². The maximum Gasteiger partial charge on any atom is 0.205 e. The fourth-order valence-electron chi connectivity index (χ4n) is 1.13. The smallest absolute Gasteiger partial charge is 0.205 e. The van der Waals surface area contributed by atoms with Crippen molar-refractivity contribution in [2.45, 2.75) is 12.7 Å². The summed E-state index contributed by atoms with van der Waals surface area (Å²) in [6.45, 7) is 0.861. The molecule has 8 heavy (non-hydrogen) atoms. The minimum absolute atomic E-state index is 0.0648. The Morgan fingerprint density at radius 1 is 1.50 bits per heavy atom. The summed E-state index contributed by atoms with van der Waals surface area (Å²) in [5.41, 5.74) is 0. The third-order valence-electron chi connectivity index (χ3n) is 1.62. The molecule has 0 radical (unpaired) electrons. The van der Waals surface area contributed by atoms with E-state index >= 15 is 0 Å². The van der Waals surface area contributed by atoms with Crippen LogP contribution in [0.4, 0.5) is 0 Å². The summed E-state index contributed by atoms with van der Waals surface area (Å²) in [7, 11) is 0. The van der Waals surface area contributed by atoms with Crippen molar-refractivity contribution in [2.75, 3.05) is 6.61 Å². The van der Waals surface area contributed by atoms with E-state index in [1.807, 2.05) is 0 Å². The predicted molar refractivity (Wildman–Crippen MR) is 28.1 cm³/mol. The van der Waals surface area contributed by atoms with E-state index in [0.29, 0.717) is 5.92 Å². The predicted octanol–water partition coefficient (Wildman–Crippen LogP) is 0.893. The Hall–Kier alpha value is -0.500. The molecule has 1 saturated heterocycles. The number of fused-ring (bicyclic) bond motifs is 1. The van der Waals surface area contributed by atoms with Crippen LogP contribution < -0.4 is 0 Å². The van der Waals surface area contributed by atoms with Crippen molar-refractivity contribution in [3.05, 3.63) is 12.3 Å². The average Bonchev–Trinajstić information content (AvgIpc) is 2.15. The summed E-state index contributed by atoms with van der Waals surface area (Å²) in [4.78, 5) is 0. The van der Waals surface area contributed by atoms with Crippen molar-refractivity contribution in [3.63, 3.8) is 0 Å². The maximum atomic E-state index is 5.19. The lowest BCUT2D eigenvalue weighted by Crippen LogP contribution is -2.09. The average molecular weight is 112 g/mol. The number of hydrogen-bond acceptors (Lipinski definition) is 2. The fourth-order valence-corrected chi connectivity index (χ4v) is 1.13. The second-order valence-corrected chi connectivity index (χ2v) is 2.16. The highest BCUT2D eigenvalue weighted by Crippen LogP contribution is 2.27. The van der Waals surface area contributed by atoms with Crippen LogP contribution in [0.3, 0.4) is 0 Å². The maximum absolute atomic E-state index is 5.19. The first-order chi connectivity index (χ1) is 3.97. The van der Waals surface area contributed by atoms with Gasteiger partial charge in [0, 0.05) is 5.92 Å². The third kappa shape index (κ3) is 0.464. The van der Waals surface area contributed by atoms with Crippen LogP contribution in [0.15, 0.2) is 12.3 Å². The van der Waals surface area contributed by atoms with Crippen molar-refractivity contribution < 1.29 is 9.47 Å². The molecular formula is C6H8O2. The van der Waals surface area contributed by atoms with Crippen molar-refractivity contribution in [3.8, 4) is 0 Å². The molecule has 2 unspecified atom stereocenters. The first kappa shape index (κ1) is 4.39. The summed E-state index contributed by atoms with van der Waals surface area (Å²) in [5.74, 6) is 0.551. The molecular weight excluding hydrogens is 104 g/mol. The van der Waals surface area contributed by atoms with Crippen LogP contribution in [0.1, 0.15) is 6.42 Å². The molecule has 2 heterocycles. The highest BCUT2D eigenvalue weighted by Gasteiger charge is 2.30. The molecule has 2 aliphatic rings. The van der Waals surface area contributed by atoms with E-state index in [-0.39, 0.29) is 6.29 Å². The molecule has 2 heteroatoms. The van der Waals surface area contributed by atoms with Crippen LogP contribution in [0, 0.1) is 5.92 Å². The Balaban J connectivity index is 2.13. The molecule has 1 fully saturated rings. The van der Waals surface area contributed by atoms with Gasteiger partial charge in [-0.05, 0) is 12.5 Å². The van der Waals surface area contributed by atoms with Gasteiger partial charge in [0.15, 0.2) is 0 Å². The zero-order valence-corrected chi connectivity index (χ0v) is 4.54. The summed E-state index contributed by atoms with van der Waals surface area (Å²) >= 11 is 0. The standard InChI is InChI=1S/C6H8O2/c1-3-7-6-5(1)2-4-8-6/h1,3,5-6H,2,4H2. The van der Waals surface area contributed by atoms with Crippen LogP contribution in [-0.2, 0) is 9.47 Å². The summed E-state index contributed by atoms with van der Waals surface area (Å²) in [6.07, 6.45) is 4.99. The van der Waals surface area contributed by atoms with Crippen molar-refractivity contribution in [1.29, 1.82) is 0 Å². The van der Waals surface area contributed by atoms with Gasteiger partial charge in [-0.1, -0.05) is 0 Å². The molecule has 0 aromatic rings. The SMILES string of the molecule is C1=CC2CCOC2O1. The lowest BCUT2D eigenvalue weighted by atomic mass is 10.1. The Morgan fingerprint density at radius 2 is 2.50 bits per heavy atom. The van der Waals surface area contributed by atoms with Crippen LogP contribution in [0.2, 0.25) is 0 Å². The van der Waals surface area contributed by atoms with Crippen LogP contribution >= 0.6 is 0 Å². The Labute approximate surface area is 48.1 Å². The molecule has 0 saturated carbocycles. The van der Waals surface area contributed by atoms with Crippen LogP contribution in [-0.4, -0.2) is 12.9 Å². The second-order valence-electron chi connectivity index (χ2n) is 2.16. The zero-order chi connectivity index (χ0) is 5.40. The molecule has 0 spiro atoms. The second kappa shape index (κ2) is 1.49. The molecule has 0 aromatic carbocycles. The molecule has 44 valence electrons. The minimum atomic E-state index is 0.0648. The first-order valence-electron chi connectivity index (χ1n) is 2.90. The summed E-state index contributed by atoms with van der Waals surface area (Å²) in [6, 6.07) is 0. The van der Waals surface area contributed by atoms with Gasteiger partial charge in [-0.2, -0.15) is 0 Å². The topological polar surface area (TPSA) is 18.5 Å². The molecule has 0 aliphatic carbocycles. The first-order valence-corrected chi connectivity index (χ1v) is 2.90. The van der Waals surface area contributed by atoms with E-state index < -0.39 is 0 Å². The molecule has 0 bridgehead atoms. The molecule has 2 atom stereocenters. The van der Waals surface area contributed by atoms with Gasteiger partial charge >= 0.3 is 0 Å². The van der Waals surface area contributed by atoms with E-state index in [0.717, 1.165) is 13.0 Å². The molecule has 0 aromatic heterocycles. The molecule has 2 rings (SSSR count). The highest BCUT2D eigenvalue weighted by molar-refractivity contribution is 4.94. The van der Waals surface area contributed by atoms with Crippen molar-refractivity contribution in [2.24, 2.45) is 5.92 Å². The van der Waals surface area contributed by atoms with Gasteiger partial charge in [0.2, 0.25) is 6.29 Å². The monoisotopic (exact) mass is 112 g/mol. The van der Waals surface area contributed by atoms with Gasteiger partial charge < -0.3 is 9.47 Å². The Bertz CT molecular complexity index is 120. The Kier molecular flexibility index (Phi) is 0.815. The third-order valence-corrected chi connectivity index (χ3v) is 1.62. The highest BCUT2D eigenvalue weighted by atomic mass is 16.7. The van der Waals surface area contributed by atoms with Gasteiger partial charge in [-0.3, -0.25) is 0 Å². The normalized spacial score (nSPS) is 42.0. The van der Waals surface area contributed by atoms with Crippen LogP contribution in [0.25, 0.3) is 0 Å². The molecule has 0 N–H and O–H groups in total. The molecule has 0 amide bonds. The fraction of sp³-hybridized carbons (Fsp3) is 0.667. The van der Waals surface area contributed by atoms with E-state index in [4.69, 9.17) is 9.47 Å².